The van der Waals surface area contributed by atoms with Crippen molar-refractivity contribution in [2.45, 2.75) is 199 Å². The van der Waals surface area contributed by atoms with Gasteiger partial charge in [0.15, 0.2) is 14.1 Å². The molecule has 0 aliphatic carbocycles. The molecule has 6 bridgehead atoms. The summed E-state index contributed by atoms with van der Waals surface area (Å²) < 4.78 is 82.7. The Balaban J connectivity index is 1.51. The molecular formula is C61H88O17Si. The molecule has 4 heterocycles. The zero-order chi connectivity index (χ0) is 57.8. The summed E-state index contributed by atoms with van der Waals surface area (Å²) in [6.45, 7) is 16.5. The third kappa shape index (κ3) is 15.2. The van der Waals surface area contributed by atoms with E-state index in [4.69, 9.17) is 61.3 Å². The van der Waals surface area contributed by atoms with E-state index in [9.17, 15) is 19.2 Å². The van der Waals surface area contributed by atoms with Gasteiger partial charge < -0.3 is 61.3 Å². The van der Waals surface area contributed by atoms with Gasteiger partial charge in [-0.05, 0) is 79.7 Å². The molecule has 438 valence electrons. The van der Waals surface area contributed by atoms with Gasteiger partial charge in [-0.25, -0.2) is 9.59 Å². The molecule has 0 N–H and O–H groups in total. The molecular weight excluding hydrogens is 1030 g/mol. The molecule has 0 unspecified atom stereocenters. The van der Waals surface area contributed by atoms with Gasteiger partial charge >= 0.3 is 17.9 Å². The highest BCUT2D eigenvalue weighted by Gasteiger charge is 2.60. The van der Waals surface area contributed by atoms with Crippen molar-refractivity contribution in [2.75, 3.05) is 42.7 Å². The van der Waals surface area contributed by atoms with Crippen molar-refractivity contribution >= 4 is 32.0 Å². The summed E-state index contributed by atoms with van der Waals surface area (Å²) in [7, 11) is 6.40. The molecule has 4 aliphatic heterocycles. The van der Waals surface area contributed by atoms with E-state index < -0.39 is 103 Å². The zero-order valence-corrected chi connectivity index (χ0v) is 50.2. The minimum absolute atomic E-state index is 0.0329. The van der Waals surface area contributed by atoms with Gasteiger partial charge in [0, 0.05) is 68.5 Å². The molecule has 18 heteroatoms. The number of cyclic esters (lactones) is 1. The van der Waals surface area contributed by atoms with Gasteiger partial charge in [-0.1, -0.05) is 90.5 Å². The number of benzene rings is 2. The summed E-state index contributed by atoms with van der Waals surface area (Å²) >= 11 is 0. The molecule has 0 radical (unpaired) electrons. The Bertz CT molecular complexity index is 2440. The molecule has 17 nitrogen and oxygen atoms in total. The molecule has 79 heavy (non-hydrogen) atoms. The van der Waals surface area contributed by atoms with Gasteiger partial charge in [-0.15, -0.1) is 0 Å². The summed E-state index contributed by atoms with van der Waals surface area (Å²) in [5.41, 5.74) is 0.621. The van der Waals surface area contributed by atoms with Gasteiger partial charge in [0.2, 0.25) is 11.6 Å². The minimum atomic E-state index is -2.42. The second-order valence-electron chi connectivity index (χ2n) is 22.5. The lowest BCUT2D eigenvalue weighted by molar-refractivity contribution is -0.362. The Morgan fingerprint density at radius 3 is 1.89 bits per heavy atom. The predicted molar refractivity (Wildman–Crippen MR) is 297 cm³/mol. The highest BCUT2D eigenvalue weighted by atomic mass is 28.4. The second kappa shape index (κ2) is 27.8. The number of carbonyl (C=O) groups is 4. The van der Waals surface area contributed by atoms with Crippen LogP contribution in [0.25, 0.3) is 0 Å². The van der Waals surface area contributed by atoms with Crippen molar-refractivity contribution in [3.63, 3.8) is 0 Å². The second-order valence-corrected chi connectivity index (χ2v) is 27.2. The average Bonchev–Trinajstić information content (AvgIpc) is 3.47. The van der Waals surface area contributed by atoms with E-state index in [2.05, 4.69) is 34.6 Å². The van der Waals surface area contributed by atoms with E-state index in [1.54, 1.807) is 35.2 Å². The average molecular weight is 1120 g/mol. The fourth-order valence-corrected chi connectivity index (χ4v) is 14.6. The minimum Gasteiger partial charge on any atom is -0.497 e. The number of esters is 3. The summed E-state index contributed by atoms with van der Waals surface area (Å²) in [4.78, 5) is 55.9. The monoisotopic (exact) mass is 1120 g/mol. The zero-order valence-electron chi connectivity index (χ0n) is 49.2. The van der Waals surface area contributed by atoms with Crippen molar-refractivity contribution in [3.05, 3.63) is 95.1 Å². The number of ketones is 1. The van der Waals surface area contributed by atoms with Crippen LogP contribution in [0.3, 0.4) is 0 Å². The van der Waals surface area contributed by atoms with Gasteiger partial charge in [-0.3, -0.25) is 9.59 Å². The fraction of sp³-hybridized carbons (Fsp3) is 0.639. The molecule has 6 rings (SSSR count). The van der Waals surface area contributed by atoms with Gasteiger partial charge in [0.25, 0.3) is 0 Å². The first-order valence-electron chi connectivity index (χ1n) is 27.9. The van der Waals surface area contributed by atoms with E-state index in [1.165, 1.54) is 33.5 Å². The maximum absolute atomic E-state index is 15.0. The Morgan fingerprint density at radius 1 is 0.709 bits per heavy atom. The van der Waals surface area contributed by atoms with Crippen LogP contribution in [0, 0.1) is 10.8 Å². The third-order valence-electron chi connectivity index (χ3n) is 16.9. The first kappa shape index (κ1) is 63.4. The van der Waals surface area contributed by atoms with Crippen LogP contribution in [-0.4, -0.2) is 135 Å². The van der Waals surface area contributed by atoms with E-state index in [0.29, 0.717) is 38.0 Å². The van der Waals surface area contributed by atoms with Gasteiger partial charge in [0.1, 0.15) is 17.6 Å². The molecule has 0 spiro atoms. The highest BCUT2D eigenvalue weighted by molar-refractivity contribution is 6.73. The lowest BCUT2D eigenvalue weighted by atomic mass is 9.70. The highest BCUT2D eigenvalue weighted by Crippen LogP contribution is 2.52. The summed E-state index contributed by atoms with van der Waals surface area (Å²) in [6, 6.07) is 17.7. The number of methoxy groups -OCH3 is 6. The molecule has 0 saturated carbocycles. The molecule has 3 saturated heterocycles. The SMILES string of the molecule is CC[Si](CC)(CC)O[C@H]1CC(=O)O[C@@H]([C@@H](C)OCc2ccc(OC)cc2)C[C@@H]2C/C(=C\C(=O)OC)C(=O)[C@@](OC)(O2)C(C)(C)/C=C/[C@H]2C/C(=C\C(=O)OC)C[C@@H](C[C@]3(OC)O[C@H](C1)C[C@H](OCc1ccc(OC)cc1)C3(C)C)O2. The van der Waals surface area contributed by atoms with Crippen LogP contribution in [0.5, 0.6) is 11.5 Å². The number of hydrogen-bond donors (Lipinski definition) is 0. The van der Waals surface area contributed by atoms with Crippen LogP contribution >= 0.6 is 0 Å². The Hall–Kier alpha value is -4.76. The normalized spacial score (nSPS) is 30.4. The topological polar surface area (TPSA) is 188 Å². The molecule has 2 aromatic rings. The van der Waals surface area contributed by atoms with Crippen molar-refractivity contribution in [3.8, 4) is 11.5 Å². The summed E-state index contributed by atoms with van der Waals surface area (Å²) in [5.74, 6) is -4.28. The molecule has 0 amide bonds. The van der Waals surface area contributed by atoms with Crippen LogP contribution in [-0.2, 0) is 84.2 Å². The van der Waals surface area contributed by atoms with E-state index >= 15 is 0 Å². The smallest absolute Gasteiger partial charge is 0.330 e. The molecule has 0 aromatic heterocycles. The number of hydrogen-bond acceptors (Lipinski definition) is 17. The maximum Gasteiger partial charge on any atom is 0.330 e. The van der Waals surface area contributed by atoms with Crippen molar-refractivity contribution in [2.24, 2.45) is 10.8 Å². The first-order valence-corrected chi connectivity index (χ1v) is 30.4. The number of rotatable bonds is 18. The number of ether oxygens (including phenoxy) is 12. The van der Waals surface area contributed by atoms with Gasteiger partial charge in [-0.2, -0.15) is 0 Å². The Kier molecular flexibility index (Phi) is 22.3. The van der Waals surface area contributed by atoms with Crippen LogP contribution in [0.2, 0.25) is 18.1 Å². The Morgan fingerprint density at radius 2 is 1.32 bits per heavy atom. The molecule has 10 atom stereocenters. The largest absolute Gasteiger partial charge is 0.497 e. The summed E-state index contributed by atoms with van der Waals surface area (Å²) in [5, 5.41) is 0. The van der Waals surface area contributed by atoms with E-state index in [0.717, 1.165) is 40.6 Å². The van der Waals surface area contributed by atoms with Crippen LogP contribution in [0.15, 0.2) is 84.0 Å². The summed E-state index contributed by atoms with van der Waals surface area (Å²) in [6.07, 6.45) is 2.47. The third-order valence-corrected chi connectivity index (χ3v) is 21.6. The van der Waals surface area contributed by atoms with Crippen molar-refractivity contribution in [1.29, 1.82) is 0 Å². The lowest BCUT2D eigenvalue weighted by Gasteiger charge is -2.56. The maximum atomic E-state index is 15.0. The Labute approximate surface area is 469 Å². The van der Waals surface area contributed by atoms with Crippen molar-refractivity contribution in [1.82, 2.24) is 0 Å². The fourth-order valence-electron chi connectivity index (χ4n) is 11.7. The number of Topliss-reactive ketones (excluding diaryl/α,β-unsaturated/α-hetero) is 1. The molecule has 4 aliphatic rings. The molecule has 3 fully saturated rings. The van der Waals surface area contributed by atoms with Crippen molar-refractivity contribution < 1.29 is 80.4 Å². The van der Waals surface area contributed by atoms with E-state index in [1.807, 2.05) is 67.6 Å². The quantitative estimate of drug-likeness (QED) is 0.0450. The molecule has 2 aromatic carbocycles. The van der Waals surface area contributed by atoms with Crippen LogP contribution in [0.4, 0.5) is 0 Å². The van der Waals surface area contributed by atoms with Gasteiger partial charge in [0.05, 0.1) is 90.8 Å². The number of fused-ring (bicyclic) bond motifs is 6. The van der Waals surface area contributed by atoms with Crippen LogP contribution < -0.4 is 9.47 Å². The van der Waals surface area contributed by atoms with E-state index in [-0.39, 0.29) is 37.9 Å². The predicted octanol–water partition coefficient (Wildman–Crippen LogP) is 10.3. The van der Waals surface area contributed by atoms with Crippen LogP contribution in [0.1, 0.15) is 118 Å². The lowest BCUT2D eigenvalue weighted by Crippen LogP contribution is -2.63. The standard InChI is InChI=1S/C61H88O17Si/c1-15-79(16-2,17-3)78-50-33-49-35-53(73-39-42-20-24-46(67-10)25-21-42)59(7,8)60(70-13,76-49)37-51-29-43(30-54(62)68-11)28-47(74-51)26-27-58(5,6)61(71-14)57(65)44(32-55(63)69-12)31-48(77-61)34-52(75-56(64)36-50)40(4)72-38-41-18-22-45(66-9)23-19-41/h18-27,30,32,40,47-53H,15-17,28-29,31,33-39H2,1-14H3/b27-26+,43-30+,44-32+/t40-,47+,48+,49-,50-,51+,52-,53+,60+,61-/m1/s1. The first-order chi connectivity index (χ1) is 37.6. The number of carbonyl (C=O) groups excluding carboxylic acids is 4.